The van der Waals surface area contributed by atoms with Gasteiger partial charge in [0.2, 0.25) is 17.2 Å². The van der Waals surface area contributed by atoms with Gasteiger partial charge in [-0.3, -0.25) is 0 Å². The Hall–Kier alpha value is -1.14. The number of hydrogen-bond acceptors (Lipinski definition) is 6. The predicted molar refractivity (Wildman–Crippen MR) is 66.6 cm³/mol. The number of nitrogens with zero attached hydrogens (tertiary/aromatic N) is 4. The van der Waals surface area contributed by atoms with Crippen LogP contribution in [-0.4, -0.2) is 47.3 Å². The molecule has 0 aromatic carbocycles. The molecule has 17 heavy (non-hydrogen) atoms. The Balaban J connectivity index is 2.24. The van der Waals surface area contributed by atoms with E-state index in [1.54, 1.807) is 0 Å². The van der Waals surface area contributed by atoms with Crippen LogP contribution in [0.5, 0.6) is 0 Å². The average Bonchev–Trinajstić information content (AvgIpc) is 2.29. The van der Waals surface area contributed by atoms with E-state index in [1.807, 2.05) is 6.92 Å². The Kier molecular flexibility index (Phi) is 3.96. The Morgan fingerprint density at radius 1 is 1.47 bits per heavy atom. The highest BCUT2D eigenvalue weighted by molar-refractivity contribution is 6.28. The molecule has 1 aromatic heterocycles. The summed E-state index contributed by atoms with van der Waals surface area (Å²) in [4.78, 5) is 14.6. The first-order valence-electron chi connectivity index (χ1n) is 5.70. The summed E-state index contributed by atoms with van der Waals surface area (Å²) < 4.78 is 5.38. The topological polar surface area (TPSA) is 63.2 Å². The standard InChI is InChI=1S/C10H16ClN5O/c1-3-12-9-13-8(11)14-10(15-9)16-4-5-17-6-7(16)2/h7H,3-6H2,1-2H3,(H,12,13,14,15). The highest BCUT2D eigenvalue weighted by Crippen LogP contribution is 2.18. The van der Waals surface area contributed by atoms with Crippen LogP contribution in [0.2, 0.25) is 5.28 Å². The number of hydrogen-bond donors (Lipinski definition) is 1. The molecule has 1 unspecified atom stereocenters. The first-order chi connectivity index (χ1) is 8.20. The Labute approximate surface area is 105 Å². The van der Waals surface area contributed by atoms with Crippen LogP contribution in [0.25, 0.3) is 0 Å². The summed E-state index contributed by atoms with van der Waals surface area (Å²) in [5.41, 5.74) is 0. The number of anilines is 2. The monoisotopic (exact) mass is 257 g/mol. The zero-order valence-corrected chi connectivity index (χ0v) is 10.7. The van der Waals surface area contributed by atoms with E-state index in [-0.39, 0.29) is 11.3 Å². The van der Waals surface area contributed by atoms with Crippen molar-refractivity contribution < 1.29 is 4.74 Å². The quantitative estimate of drug-likeness (QED) is 0.877. The van der Waals surface area contributed by atoms with Gasteiger partial charge >= 0.3 is 0 Å². The van der Waals surface area contributed by atoms with Crippen LogP contribution in [0, 0.1) is 0 Å². The molecule has 0 radical (unpaired) electrons. The summed E-state index contributed by atoms with van der Waals surface area (Å²) in [6.07, 6.45) is 0. The molecule has 0 aliphatic carbocycles. The van der Waals surface area contributed by atoms with Crippen LogP contribution in [0.3, 0.4) is 0 Å². The molecule has 0 saturated carbocycles. The average molecular weight is 258 g/mol. The molecule has 1 aromatic rings. The van der Waals surface area contributed by atoms with E-state index < -0.39 is 0 Å². The van der Waals surface area contributed by atoms with Crippen LogP contribution < -0.4 is 10.2 Å². The van der Waals surface area contributed by atoms with Crippen molar-refractivity contribution in [3.05, 3.63) is 5.28 Å². The highest BCUT2D eigenvalue weighted by atomic mass is 35.5. The van der Waals surface area contributed by atoms with Gasteiger partial charge in [-0.15, -0.1) is 0 Å². The SMILES string of the molecule is CCNc1nc(Cl)nc(N2CCOCC2C)n1. The third-order valence-corrected chi connectivity index (χ3v) is 2.72. The second-order valence-corrected chi connectivity index (χ2v) is 4.21. The number of aromatic nitrogens is 3. The van der Waals surface area contributed by atoms with E-state index in [2.05, 4.69) is 32.1 Å². The first-order valence-corrected chi connectivity index (χ1v) is 6.08. The van der Waals surface area contributed by atoms with Gasteiger partial charge in [0.25, 0.3) is 0 Å². The fourth-order valence-corrected chi connectivity index (χ4v) is 1.89. The Morgan fingerprint density at radius 2 is 2.29 bits per heavy atom. The highest BCUT2D eigenvalue weighted by Gasteiger charge is 2.22. The lowest BCUT2D eigenvalue weighted by atomic mass is 10.3. The molecule has 1 fully saturated rings. The van der Waals surface area contributed by atoms with E-state index in [9.17, 15) is 0 Å². The largest absolute Gasteiger partial charge is 0.377 e. The molecular formula is C10H16ClN5O. The van der Waals surface area contributed by atoms with Gasteiger partial charge in [0.15, 0.2) is 0 Å². The zero-order chi connectivity index (χ0) is 12.3. The predicted octanol–water partition coefficient (Wildman–Crippen LogP) is 1.18. The molecule has 0 amide bonds. The molecule has 2 rings (SSSR count). The minimum atomic E-state index is 0.213. The summed E-state index contributed by atoms with van der Waals surface area (Å²) in [7, 11) is 0. The summed E-state index contributed by atoms with van der Waals surface area (Å²) >= 11 is 5.89. The summed E-state index contributed by atoms with van der Waals surface area (Å²) in [6, 6.07) is 0.247. The van der Waals surface area contributed by atoms with E-state index in [0.29, 0.717) is 25.1 Å². The normalized spacial score (nSPS) is 20.4. The summed E-state index contributed by atoms with van der Waals surface area (Å²) in [5, 5.41) is 3.25. The van der Waals surface area contributed by atoms with Gasteiger partial charge < -0.3 is 15.0 Å². The maximum atomic E-state index is 5.89. The van der Waals surface area contributed by atoms with E-state index >= 15 is 0 Å². The minimum absolute atomic E-state index is 0.213. The molecule has 0 spiro atoms. The lowest BCUT2D eigenvalue weighted by Gasteiger charge is -2.33. The molecule has 1 aliphatic rings. The van der Waals surface area contributed by atoms with Crippen molar-refractivity contribution in [3.63, 3.8) is 0 Å². The maximum Gasteiger partial charge on any atom is 0.231 e. The number of halogens is 1. The fraction of sp³-hybridized carbons (Fsp3) is 0.700. The van der Waals surface area contributed by atoms with E-state index in [1.165, 1.54) is 0 Å². The Bertz CT molecular complexity index is 389. The molecule has 6 nitrogen and oxygen atoms in total. The Morgan fingerprint density at radius 3 is 3.00 bits per heavy atom. The molecule has 1 aliphatic heterocycles. The lowest BCUT2D eigenvalue weighted by molar-refractivity contribution is 0.0981. The minimum Gasteiger partial charge on any atom is -0.377 e. The first kappa shape index (κ1) is 12.3. The van der Waals surface area contributed by atoms with Gasteiger partial charge in [-0.05, 0) is 25.4 Å². The van der Waals surface area contributed by atoms with Crippen LogP contribution in [-0.2, 0) is 4.74 Å². The van der Waals surface area contributed by atoms with Crippen LogP contribution >= 0.6 is 11.6 Å². The van der Waals surface area contributed by atoms with Crippen molar-refractivity contribution in [3.8, 4) is 0 Å². The second kappa shape index (κ2) is 5.46. The molecule has 94 valence electrons. The zero-order valence-electron chi connectivity index (χ0n) is 9.98. The smallest absolute Gasteiger partial charge is 0.231 e. The molecule has 1 saturated heterocycles. The number of nitrogens with one attached hydrogen (secondary N) is 1. The van der Waals surface area contributed by atoms with Crippen molar-refractivity contribution in [1.82, 2.24) is 15.0 Å². The van der Waals surface area contributed by atoms with Crippen LogP contribution in [0.15, 0.2) is 0 Å². The van der Waals surface area contributed by atoms with Crippen molar-refractivity contribution in [1.29, 1.82) is 0 Å². The van der Waals surface area contributed by atoms with Crippen LogP contribution in [0.1, 0.15) is 13.8 Å². The van der Waals surface area contributed by atoms with Gasteiger partial charge in [-0.1, -0.05) is 0 Å². The fourth-order valence-electron chi connectivity index (χ4n) is 1.73. The van der Waals surface area contributed by atoms with Gasteiger partial charge in [-0.25, -0.2) is 0 Å². The molecule has 7 heteroatoms. The van der Waals surface area contributed by atoms with Crippen molar-refractivity contribution >= 4 is 23.5 Å². The number of morpholine rings is 1. The molecule has 2 heterocycles. The third-order valence-electron chi connectivity index (χ3n) is 2.56. The van der Waals surface area contributed by atoms with Gasteiger partial charge in [0.05, 0.1) is 19.3 Å². The van der Waals surface area contributed by atoms with Crippen molar-refractivity contribution in [2.45, 2.75) is 19.9 Å². The van der Waals surface area contributed by atoms with Gasteiger partial charge in [0, 0.05) is 13.1 Å². The molecular weight excluding hydrogens is 242 g/mol. The van der Waals surface area contributed by atoms with E-state index in [0.717, 1.165) is 13.1 Å². The van der Waals surface area contributed by atoms with Gasteiger partial charge in [-0.2, -0.15) is 15.0 Å². The molecule has 1 atom stereocenters. The number of rotatable bonds is 3. The van der Waals surface area contributed by atoms with Gasteiger partial charge in [0.1, 0.15) is 0 Å². The second-order valence-electron chi connectivity index (χ2n) is 3.88. The number of ether oxygens (including phenoxy) is 1. The maximum absolute atomic E-state index is 5.89. The van der Waals surface area contributed by atoms with Crippen LogP contribution in [0.4, 0.5) is 11.9 Å². The van der Waals surface area contributed by atoms with E-state index in [4.69, 9.17) is 16.3 Å². The van der Waals surface area contributed by atoms with Crippen molar-refractivity contribution in [2.24, 2.45) is 0 Å². The summed E-state index contributed by atoms with van der Waals surface area (Å²) in [5.74, 6) is 1.12. The lowest BCUT2D eigenvalue weighted by Crippen LogP contribution is -2.44. The summed E-state index contributed by atoms with van der Waals surface area (Å²) in [6.45, 7) is 6.94. The molecule has 1 N–H and O–H groups in total. The third kappa shape index (κ3) is 2.95. The molecule has 0 bridgehead atoms. The van der Waals surface area contributed by atoms with Crippen molar-refractivity contribution in [2.75, 3.05) is 36.5 Å².